The van der Waals surface area contributed by atoms with Gasteiger partial charge in [-0.25, -0.2) is 0 Å². The first-order chi connectivity index (χ1) is 9.63. The Labute approximate surface area is 119 Å². The van der Waals surface area contributed by atoms with Crippen molar-refractivity contribution >= 4 is 11.9 Å². The molecule has 0 aliphatic rings. The number of hydrogen-bond acceptors (Lipinski definition) is 4. The summed E-state index contributed by atoms with van der Waals surface area (Å²) >= 11 is 0. The Morgan fingerprint density at radius 1 is 1.30 bits per heavy atom. The number of ether oxygens (including phenoxy) is 1. The average molecular weight is 278 g/mol. The molecular weight excluding hydrogens is 256 g/mol. The van der Waals surface area contributed by atoms with Crippen LogP contribution in [-0.2, 0) is 20.9 Å². The first-order valence-electron chi connectivity index (χ1n) is 6.86. The highest BCUT2D eigenvalue weighted by Crippen LogP contribution is 2.03. The fourth-order valence-corrected chi connectivity index (χ4v) is 1.59. The Kier molecular flexibility index (Phi) is 7.35. The quantitative estimate of drug-likeness (QED) is 0.704. The van der Waals surface area contributed by atoms with E-state index in [1.807, 2.05) is 37.3 Å². The highest BCUT2D eigenvalue weighted by molar-refractivity contribution is 5.82. The van der Waals surface area contributed by atoms with Crippen LogP contribution in [0.2, 0.25) is 0 Å². The third kappa shape index (κ3) is 6.33. The van der Waals surface area contributed by atoms with Gasteiger partial charge in [0.2, 0.25) is 5.91 Å². The Morgan fingerprint density at radius 3 is 2.65 bits per heavy atom. The summed E-state index contributed by atoms with van der Waals surface area (Å²) in [6, 6.07) is 8.79. The largest absolute Gasteiger partial charge is 0.461 e. The molecule has 0 saturated heterocycles. The van der Waals surface area contributed by atoms with Gasteiger partial charge in [-0.05, 0) is 18.4 Å². The molecule has 0 aliphatic heterocycles. The molecule has 0 aromatic heterocycles. The number of benzene rings is 1. The zero-order valence-electron chi connectivity index (χ0n) is 11.8. The van der Waals surface area contributed by atoms with E-state index >= 15 is 0 Å². The smallest absolute Gasteiger partial charge is 0.306 e. The summed E-state index contributed by atoms with van der Waals surface area (Å²) in [4.78, 5) is 23.1. The maximum absolute atomic E-state index is 11.5. The minimum Gasteiger partial charge on any atom is -0.461 e. The van der Waals surface area contributed by atoms with Gasteiger partial charge in [0.05, 0.1) is 6.04 Å². The molecule has 3 N–H and O–H groups in total. The van der Waals surface area contributed by atoms with E-state index in [2.05, 4.69) is 5.32 Å². The summed E-state index contributed by atoms with van der Waals surface area (Å²) in [6.07, 6.45) is 1.30. The van der Waals surface area contributed by atoms with Crippen LogP contribution >= 0.6 is 0 Å². The minimum absolute atomic E-state index is 0.146. The molecule has 0 fully saturated rings. The number of rotatable bonds is 8. The Morgan fingerprint density at radius 2 is 2.00 bits per heavy atom. The maximum atomic E-state index is 11.5. The number of hydrogen-bond donors (Lipinski definition) is 2. The Hall–Kier alpha value is -1.88. The van der Waals surface area contributed by atoms with Gasteiger partial charge in [0.25, 0.3) is 0 Å². The molecule has 0 aliphatic carbocycles. The van der Waals surface area contributed by atoms with Crippen LogP contribution in [0.3, 0.4) is 0 Å². The average Bonchev–Trinajstić information content (AvgIpc) is 2.49. The van der Waals surface area contributed by atoms with Gasteiger partial charge < -0.3 is 15.8 Å². The molecule has 0 radical (unpaired) electrons. The second-order valence-corrected chi connectivity index (χ2v) is 4.58. The molecule has 1 amide bonds. The summed E-state index contributed by atoms with van der Waals surface area (Å²) in [7, 11) is 0. The summed E-state index contributed by atoms with van der Waals surface area (Å²) in [5.41, 5.74) is 6.63. The predicted molar refractivity (Wildman–Crippen MR) is 76.7 cm³/mol. The normalized spacial score (nSPS) is 11.7. The van der Waals surface area contributed by atoms with Crippen molar-refractivity contribution in [2.24, 2.45) is 5.73 Å². The molecule has 20 heavy (non-hydrogen) atoms. The van der Waals surface area contributed by atoms with Gasteiger partial charge in [0.15, 0.2) is 0 Å². The van der Waals surface area contributed by atoms with Crippen LogP contribution in [0.1, 0.15) is 31.7 Å². The number of nitrogens with one attached hydrogen (secondary N) is 1. The van der Waals surface area contributed by atoms with Crippen molar-refractivity contribution in [2.45, 2.75) is 38.8 Å². The highest BCUT2D eigenvalue weighted by atomic mass is 16.5. The number of amides is 1. The maximum Gasteiger partial charge on any atom is 0.306 e. The van der Waals surface area contributed by atoms with E-state index in [9.17, 15) is 9.59 Å². The lowest BCUT2D eigenvalue weighted by molar-refractivity contribution is -0.145. The molecule has 0 unspecified atom stereocenters. The van der Waals surface area contributed by atoms with Crippen molar-refractivity contribution in [2.75, 3.05) is 6.54 Å². The monoisotopic (exact) mass is 278 g/mol. The molecule has 0 bridgehead atoms. The lowest BCUT2D eigenvalue weighted by Crippen LogP contribution is -2.41. The third-order valence-corrected chi connectivity index (χ3v) is 2.79. The van der Waals surface area contributed by atoms with E-state index in [0.717, 1.165) is 12.0 Å². The fourth-order valence-electron chi connectivity index (χ4n) is 1.59. The second-order valence-electron chi connectivity index (χ2n) is 4.58. The molecular formula is C15H22N2O3. The molecule has 1 atom stereocenters. The van der Waals surface area contributed by atoms with Gasteiger partial charge in [-0.2, -0.15) is 0 Å². The van der Waals surface area contributed by atoms with Crippen molar-refractivity contribution < 1.29 is 14.3 Å². The van der Waals surface area contributed by atoms with Crippen LogP contribution in [0.5, 0.6) is 0 Å². The van der Waals surface area contributed by atoms with Crippen molar-refractivity contribution in [3.05, 3.63) is 35.9 Å². The molecule has 5 heteroatoms. The zero-order chi connectivity index (χ0) is 14.8. The summed E-state index contributed by atoms with van der Waals surface area (Å²) < 4.78 is 5.11. The van der Waals surface area contributed by atoms with E-state index in [1.54, 1.807) is 0 Å². The molecule has 5 nitrogen and oxygen atoms in total. The topological polar surface area (TPSA) is 81.4 Å². The summed E-state index contributed by atoms with van der Waals surface area (Å²) in [6.45, 7) is 2.81. The van der Waals surface area contributed by atoms with Gasteiger partial charge in [-0.3, -0.25) is 9.59 Å². The summed E-state index contributed by atoms with van der Waals surface area (Å²) in [5, 5.41) is 2.70. The lowest BCUT2D eigenvalue weighted by Gasteiger charge is -2.11. The van der Waals surface area contributed by atoms with Crippen LogP contribution < -0.4 is 11.1 Å². The molecule has 110 valence electrons. The van der Waals surface area contributed by atoms with Gasteiger partial charge in [0, 0.05) is 13.0 Å². The Balaban J connectivity index is 2.21. The van der Waals surface area contributed by atoms with Crippen LogP contribution in [0.15, 0.2) is 30.3 Å². The van der Waals surface area contributed by atoms with Crippen molar-refractivity contribution in [1.29, 1.82) is 0 Å². The number of esters is 1. The van der Waals surface area contributed by atoms with Crippen LogP contribution in [-0.4, -0.2) is 24.5 Å². The van der Waals surface area contributed by atoms with Crippen molar-refractivity contribution in [3.63, 3.8) is 0 Å². The van der Waals surface area contributed by atoms with E-state index in [-0.39, 0.29) is 24.9 Å². The molecule has 1 aromatic rings. The van der Waals surface area contributed by atoms with Crippen molar-refractivity contribution in [1.82, 2.24) is 5.32 Å². The number of nitrogens with two attached hydrogens (primary N) is 1. The van der Waals surface area contributed by atoms with Crippen molar-refractivity contribution in [3.8, 4) is 0 Å². The van der Waals surface area contributed by atoms with E-state index < -0.39 is 6.04 Å². The van der Waals surface area contributed by atoms with Crippen LogP contribution in [0, 0.1) is 0 Å². The predicted octanol–water partition coefficient (Wildman–Crippen LogP) is 1.36. The highest BCUT2D eigenvalue weighted by Gasteiger charge is 2.15. The standard InChI is InChI=1S/C15H22N2O3/c1-2-10-17-15(19)13(16)8-9-14(18)20-11-12-6-4-3-5-7-12/h3-7,13H,2,8-11,16H2,1H3,(H,17,19)/t13-/m0/s1. The Bertz CT molecular complexity index is 420. The third-order valence-electron chi connectivity index (χ3n) is 2.79. The number of carbonyl (C=O) groups is 2. The second kappa shape index (κ2) is 9.09. The molecule has 1 aromatic carbocycles. The summed E-state index contributed by atoms with van der Waals surface area (Å²) in [5.74, 6) is -0.560. The van der Waals surface area contributed by atoms with E-state index in [4.69, 9.17) is 10.5 Å². The van der Waals surface area contributed by atoms with Gasteiger partial charge in [0.1, 0.15) is 6.61 Å². The van der Waals surface area contributed by atoms with Gasteiger partial charge in [-0.15, -0.1) is 0 Å². The molecule has 0 heterocycles. The SMILES string of the molecule is CCCNC(=O)[C@@H](N)CCC(=O)OCc1ccccc1. The fraction of sp³-hybridized carbons (Fsp3) is 0.467. The van der Waals surface area contributed by atoms with Crippen LogP contribution in [0.25, 0.3) is 0 Å². The molecule has 1 rings (SSSR count). The molecule has 0 saturated carbocycles. The lowest BCUT2D eigenvalue weighted by atomic mass is 10.1. The number of carbonyl (C=O) groups excluding carboxylic acids is 2. The van der Waals surface area contributed by atoms with E-state index in [0.29, 0.717) is 13.0 Å². The van der Waals surface area contributed by atoms with Gasteiger partial charge in [-0.1, -0.05) is 37.3 Å². The molecule has 0 spiro atoms. The van der Waals surface area contributed by atoms with Crippen LogP contribution in [0.4, 0.5) is 0 Å². The minimum atomic E-state index is -0.661. The first kappa shape index (κ1) is 16.2. The first-order valence-corrected chi connectivity index (χ1v) is 6.86. The van der Waals surface area contributed by atoms with Gasteiger partial charge >= 0.3 is 5.97 Å². The zero-order valence-corrected chi connectivity index (χ0v) is 11.8. The van der Waals surface area contributed by atoms with E-state index in [1.165, 1.54) is 0 Å².